The van der Waals surface area contributed by atoms with Crippen LogP contribution in [0.5, 0.6) is 11.5 Å². The average Bonchev–Trinajstić information content (AvgIpc) is 2.47. The van der Waals surface area contributed by atoms with Crippen LogP contribution in [0.4, 0.5) is 0 Å². The average molecular weight is 374 g/mol. The van der Waals surface area contributed by atoms with Crippen LogP contribution >= 0.6 is 19.0 Å². The number of thiol groups is 1. The Morgan fingerprint density at radius 3 is 2.17 bits per heavy atom. The molecule has 0 radical (unpaired) electrons. The van der Waals surface area contributed by atoms with Crippen LogP contribution in [-0.2, 0) is 19.2 Å². The molecule has 0 aromatic heterocycles. The summed E-state index contributed by atoms with van der Waals surface area (Å²) in [5.74, 6) is 0.388. The highest BCUT2D eigenvalue weighted by Crippen LogP contribution is 2.52. The molecule has 0 amide bonds. The fraction of sp³-hybridized carbons (Fsp3) is 0.143. The first-order chi connectivity index (χ1) is 10.8. The van der Waals surface area contributed by atoms with Crippen molar-refractivity contribution < 1.29 is 26.2 Å². The minimum absolute atomic E-state index is 0.0564. The van der Waals surface area contributed by atoms with E-state index in [1.165, 1.54) is 36.4 Å². The van der Waals surface area contributed by atoms with E-state index in [1.54, 1.807) is 25.1 Å². The first kappa shape index (κ1) is 17.9. The van der Waals surface area contributed by atoms with Gasteiger partial charge in [0.25, 0.3) is 0 Å². The van der Waals surface area contributed by atoms with Crippen LogP contribution in [0.2, 0.25) is 0 Å². The molecule has 0 aliphatic carbocycles. The molecular formula is C14H15O6PS2. The highest BCUT2D eigenvalue weighted by atomic mass is 32.7. The lowest BCUT2D eigenvalue weighted by Gasteiger charge is -2.13. The van der Waals surface area contributed by atoms with Crippen molar-refractivity contribution in [2.45, 2.75) is 11.8 Å². The summed E-state index contributed by atoms with van der Waals surface area (Å²) >= 11 is 3.80. The Labute approximate surface area is 140 Å². The molecule has 0 saturated carbocycles. The van der Waals surface area contributed by atoms with E-state index in [4.69, 9.17) is 13.2 Å². The van der Waals surface area contributed by atoms with E-state index in [0.717, 1.165) is 0 Å². The van der Waals surface area contributed by atoms with Gasteiger partial charge >= 0.3 is 16.9 Å². The summed E-state index contributed by atoms with van der Waals surface area (Å²) in [5.41, 5.74) is 0. The zero-order valence-electron chi connectivity index (χ0n) is 12.2. The molecule has 1 atom stereocenters. The molecule has 0 aliphatic rings. The van der Waals surface area contributed by atoms with Gasteiger partial charge in [-0.05, 0) is 55.6 Å². The molecule has 0 aliphatic heterocycles. The molecule has 124 valence electrons. The summed E-state index contributed by atoms with van der Waals surface area (Å²) < 4.78 is 51.0. The Bertz CT molecular complexity index is 790. The minimum atomic E-state index is -3.96. The van der Waals surface area contributed by atoms with Crippen LogP contribution in [0.3, 0.4) is 0 Å². The second kappa shape index (κ2) is 7.40. The maximum absolute atomic E-state index is 12.1. The van der Waals surface area contributed by atoms with Gasteiger partial charge in [0.15, 0.2) is 0 Å². The standard InChI is InChI=1S/C14H15O6PS2/c1-2-18-21(15,22)19-12-8-10-14(11-9-12)23(16,17)20-13-6-4-3-5-7-13/h3-11H,2H2,1H3,(H,15,22). The lowest BCUT2D eigenvalue weighted by atomic mass is 10.3. The molecule has 23 heavy (non-hydrogen) atoms. The number of hydrogen-bond donors (Lipinski definition) is 1. The smallest absolute Gasteiger partial charge is 0.417 e. The van der Waals surface area contributed by atoms with Gasteiger partial charge in [0.1, 0.15) is 16.4 Å². The third-order valence-corrected chi connectivity index (χ3v) is 5.45. The molecule has 2 aromatic carbocycles. The Hall–Kier alpha value is -1.47. The summed E-state index contributed by atoms with van der Waals surface area (Å²) in [7, 11) is -3.96. The highest BCUT2D eigenvalue weighted by Gasteiger charge is 2.21. The van der Waals surface area contributed by atoms with Crippen LogP contribution in [0, 0.1) is 0 Å². The van der Waals surface area contributed by atoms with Crippen molar-refractivity contribution in [3.63, 3.8) is 0 Å². The SMILES string of the molecule is CCOP(=O)(S)Oc1ccc(S(=O)(=O)Oc2ccccc2)cc1. The van der Waals surface area contributed by atoms with Gasteiger partial charge in [-0.15, -0.1) is 0 Å². The summed E-state index contributed by atoms with van der Waals surface area (Å²) in [6.45, 7) is -1.68. The number of hydrogen-bond acceptors (Lipinski definition) is 6. The molecule has 6 nitrogen and oxygen atoms in total. The molecule has 0 saturated heterocycles. The Morgan fingerprint density at radius 1 is 1.00 bits per heavy atom. The molecule has 2 rings (SSSR count). The quantitative estimate of drug-likeness (QED) is 0.450. The van der Waals surface area contributed by atoms with Crippen LogP contribution in [-0.4, -0.2) is 15.0 Å². The molecule has 0 spiro atoms. The van der Waals surface area contributed by atoms with E-state index in [0.29, 0.717) is 0 Å². The molecule has 0 bridgehead atoms. The zero-order valence-corrected chi connectivity index (χ0v) is 14.8. The third-order valence-electron chi connectivity index (χ3n) is 2.57. The summed E-state index contributed by atoms with van der Waals surface area (Å²) in [6, 6.07) is 13.4. The van der Waals surface area contributed by atoms with Crippen molar-refractivity contribution in [2.24, 2.45) is 0 Å². The van der Waals surface area contributed by atoms with E-state index in [1.807, 2.05) is 0 Å². The van der Waals surface area contributed by atoms with Crippen LogP contribution in [0.1, 0.15) is 6.92 Å². The topological polar surface area (TPSA) is 78.9 Å². The second-order valence-electron chi connectivity index (χ2n) is 4.30. The Kier molecular flexibility index (Phi) is 5.75. The summed E-state index contributed by atoms with van der Waals surface area (Å²) in [6.07, 6.45) is 0. The van der Waals surface area contributed by atoms with Crippen molar-refractivity contribution >= 4 is 29.2 Å². The van der Waals surface area contributed by atoms with Crippen molar-refractivity contribution in [3.05, 3.63) is 54.6 Å². The minimum Gasteiger partial charge on any atom is -0.417 e. The lowest BCUT2D eigenvalue weighted by molar-refractivity contribution is 0.296. The predicted molar refractivity (Wildman–Crippen MR) is 89.5 cm³/mol. The van der Waals surface area contributed by atoms with Crippen LogP contribution < -0.4 is 8.71 Å². The predicted octanol–water partition coefficient (Wildman–Crippen LogP) is 3.91. The van der Waals surface area contributed by atoms with Gasteiger partial charge in [0, 0.05) is 0 Å². The molecular weight excluding hydrogens is 359 g/mol. The molecule has 0 fully saturated rings. The van der Waals surface area contributed by atoms with Gasteiger partial charge in [0.05, 0.1) is 6.61 Å². The van der Waals surface area contributed by atoms with Crippen molar-refractivity contribution in [1.82, 2.24) is 0 Å². The van der Waals surface area contributed by atoms with Gasteiger partial charge in [-0.1, -0.05) is 18.2 Å². The number of para-hydroxylation sites is 1. The first-order valence-electron chi connectivity index (χ1n) is 6.59. The second-order valence-corrected chi connectivity index (χ2v) is 8.69. The van der Waals surface area contributed by atoms with E-state index in [2.05, 4.69) is 12.2 Å². The monoisotopic (exact) mass is 374 g/mol. The summed E-state index contributed by atoms with van der Waals surface area (Å²) in [5, 5.41) is 0. The molecule has 0 N–H and O–H groups in total. The largest absolute Gasteiger partial charge is 0.437 e. The van der Waals surface area contributed by atoms with E-state index in [9.17, 15) is 13.0 Å². The maximum Gasteiger partial charge on any atom is 0.437 e. The molecule has 1 unspecified atom stereocenters. The maximum atomic E-state index is 12.1. The van der Waals surface area contributed by atoms with Gasteiger partial charge in [-0.3, -0.25) is 4.52 Å². The first-order valence-corrected chi connectivity index (χ1v) is 10.7. The lowest BCUT2D eigenvalue weighted by Crippen LogP contribution is -2.09. The van der Waals surface area contributed by atoms with Gasteiger partial charge < -0.3 is 8.71 Å². The fourth-order valence-electron chi connectivity index (χ4n) is 1.64. The van der Waals surface area contributed by atoms with E-state index >= 15 is 0 Å². The fourth-order valence-corrected chi connectivity index (χ4v) is 3.97. The molecule has 9 heteroatoms. The Morgan fingerprint density at radius 2 is 1.61 bits per heavy atom. The summed E-state index contributed by atoms with van der Waals surface area (Å²) in [4.78, 5) is -0.0564. The normalized spacial score (nSPS) is 14.0. The molecule has 2 aromatic rings. The third kappa shape index (κ3) is 5.28. The number of rotatable bonds is 7. The van der Waals surface area contributed by atoms with Crippen molar-refractivity contribution in [2.75, 3.05) is 6.61 Å². The molecule has 0 heterocycles. The van der Waals surface area contributed by atoms with Crippen LogP contribution in [0.15, 0.2) is 59.5 Å². The number of benzene rings is 2. The Balaban J connectivity index is 2.14. The highest BCUT2D eigenvalue weighted by molar-refractivity contribution is 8.44. The van der Waals surface area contributed by atoms with E-state index in [-0.39, 0.29) is 23.0 Å². The van der Waals surface area contributed by atoms with Gasteiger partial charge in [-0.25, -0.2) is 4.57 Å². The van der Waals surface area contributed by atoms with Crippen molar-refractivity contribution in [1.29, 1.82) is 0 Å². The van der Waals surface area contributed by atoms with Crippen molar-refractivity contribution in [3.8, 4) is 11.5 Å². The van der Waals surface area contributed by atoms with Gasteiger partial charge in [-0.2, -0.15) is 8.42 Å². The van der Waals surface area contributed by atoms with E-state index < -0.39 is 16.9 Å². The zero-order chi connectivity index (χ0) is 16.9. The van der Waals surface area contributed by atoms with Gasteiger partial charge in [0.2, 0.25) is 0 Å². The van der Waals surface area contributed by atoms with Crippen LogP contribution in [0.25, 0.3) is 0 Å².